The average molecular weight is 385 g/mol. The van der Waals surface area contributed by atoms with Crippen LogP contribution in [-0.4, -0.2) is 15.7 Å². The van der Waals surface area contributed by atoms with Gasteiger partial charge >= 0.3 is 0 Å². The van der Waals surface area contributed by atoms with Gasteiger partial charge in [0.05, 0.1) is 24.2 Å². The number of amides is 1. The van der Waals surface area contributed by atoms with Crippen LogP contribution in [0, 0.1) is 20.8 Å². The van der Waals surface area contributed by atoms with E-state index < -0.39 is 0 Å². The number of rotatable bonds is 5. The summed E-state index contributed by atoms with van der Waals surface area (Å²) in [7, 11) is 0. The van der Waals surface area contributed by atoms with E-state index in [2.05, 4.69) is 18.3 Å². The first-order valence-electron chi connectivity index (χ1n) is 9.56. The number of carbonyl (C=O) groups is 1. The first-order valence-corrected chi connectivity index (χ1v) is 9.56. The summed E-state index contributed by atoms with van der Waals surface area (Å²) in [6.45, 7) is 6.45. The van der Waals surface area contributed by atoms with E-state index in [1.807, 2.05) is 62.4 Å². The van der Waals surface area contributed by atoms with Crippen LogP contribution in [0.1, 0.15) is 32.9 Å². The molecule has 0 atom stereocenters. The van der Waals surface area contributed by atoms with E-state index >= 15 is 0 Å². The Balaban J connectivity index is 1.74. The predicted molar refractivity (Wildman–Crippen MR) is 113 cm³/mol. The van der Waals surface area contributed by atoms with Gasteiger partial charge in [0.15, 0.2) is 0 Å². The fourth-order valence-corrected chi connectivity index (χ4v) is 3.31. The fourth-order valence-electron chi connectivity index (χ4n) is 3.31. The lowest BCUT2D eigenvalue weighted by Crippen LogP contribution is -2.25. The molecule has 0 aliphatic rings. The van der Waals surface area contributed by atoms with Crippen LogP contribution in [0.3, 0.4) is 0 Å². The van der Waals surface area contributed by atoms with Crippen LogP contribution in [0.5, 0.6) is 0 Å². The zero-order chi connectivity index (χ0) is 20.4. The van der Waals surface area contributed by atoms with Gasteiger partial charge in [-0.3, -0.25) is 4.79 Å². The molecule has 0 aliphatic heterocycles. The molecule has 2 heterocycles. The molecule has 0 bridgehead atoms. The van der Waals surface area contributed by atoms with Gasteiger partial charge in [0.1, 0.15) is 11.5 Å². The minimum Gasteiger partial charge on any atom is -0.467 e. The van der Waals surface area contributed by atoms with Gasteiger partial charge < -0.3 is 9.73 Å². The number of hydrogen-bond acceptors (Lipinski definition) is 3. The van der Waals surface area contributed by atoms with Gasteiger partial charge in [-0.1, -0.05) is 47.5 Å². The van der Waals surface area contributed by atoms with E-state index in [9.17, 15) is 4.79 Å². The maximum Gasteiger partial charge on any atom is 0.270 e. The Morgan fingerprint density at radius 3 is 2.45 bits per heavy atom. The largest absolute Gasteiger partial charge is 0.467 e. The summed E-state index contributed by atoms with van der Waals surface area (Å²) in [5.41, 5.74) is 6.51. The van der Waals surface area contributed by atoms with Gasteiger partial charge in [-0.05, 0) is 50.6 Å². The maximum atomic E-state index is 13.0. The molecule has 146 valence electrons. The topological polar surface area (TPSA) is 60.1 Å². The summed E-state index contributed by atoms with van der Waals surface area (Å²) < 4.78 is 7.04. The predicted octanol–water partition coefficient (Wildman–Crippen LogP) is 4.99. The molecule has 2 aromatic heterocycles. The molecule has 2 aromatic carbocycles. The first kappa shape index (κ1) is 18.7. The first-order chi connectivity index (χ1) is 14.0. The molecule has 0 fully saturated rings. The zero-order valence-electron chi connectivity index (χ0n) is 16.8. The third-order valence-electron chi connectivity index (χ3n) is 4.87. The normalized spacial score (nSPS) is 10.9. The van der Waals surface area contributed by atoms with E-state index in [1.165, 1.54) is 11.1 Å². The molecule has 29 heavy (non-hydrogen) atoms. The van der Waals surface area contributed by atoms with Gasteiger partial charge in [0.2, 0.25) is 0 Å². The minimum absolute atomic E-state index is 0.202. The molecule has 0 saturated heterocycles. The number of aryl methyl sites for hydroxylation is 3. The Hall–Kier alpha value is -3.60. The van der Waals surface area contributed by atoms with Crippen LogP contribution in [0.4, 0.5) is 0 Å². The van der Waals surface area contributed by atoms with Gasteiger partial charge in [-0.2, -0.15) is 5.10 Å². The molecular weight excluding hydrogens is 362 g/mol. The highest BCUT2D eigenvalue weighted by Gasteiger charge is 2.19. The highest BCUT2D eigenvalue weighted by atomic mass is 16.3. The Kier molecular flexibility index (Phi) is 5.04. The summed E-state index contributed by atoms with van der Waals surface area (Å²) in [6, 6.07) is 19.7. The van der Waals surface area contributed by atoms with E-state index in [0.717, 1.165) is 22.5 Å². The Bertz CT molecular complexity index is 1140. The SMILES string of the molecule is Cc1ccc(-c2cc(C(=O)NCc3ccco3)n(-c3ccc(C)cc3C)n2)cc1. The summed E-state index contributed by atoms with van der Waals surface area (Å²) in [6.07, 6.45) is 1.59. The molecule has 0 aliphatic carbocycles. The molecule has 0 spiro atoms. The second-order valence-corrected chi connectivity index (χ2v) is 7.24. The minimum atomic E-state index is -0.202. The lowest BCUT2D eigenvalue weighted by Gasteiger charge is -2.11. The molecule has 5 heteroatoms. The highest BCUT2D eigenvalue weighted by molar-refractivity contribution is 5.94. The molecule has 0 saturated carbocycles. The van der Waals surface area contributed by atoms with Crippen molar-refractivity contribution in [2.45, 2.75) is 27.3 Å². The number of nitrogens with zero attached hydrogens (tertiary/aromatic N) is 2. The van der Waals surface area contributed by atoms with Crippen LogP contribution in [-0.2, 0) is 6.54 Å². The number of aromatic nitrogens is 2. The molecule has 1 amide bonds. The zero-order valence-corrected chi connectivity index (χ0v) is 16.8. The van der Waals surface area contributed by atoms with Crippen molar-refractivity contribution in [3.63, 3.8) is 0 Å². The Labute approximate surface area is 170 Å². The van der Waals surface area contributed by atoms with Crippen LogP contribution in [0.25, 0.3) is 16.9 Å². The maximum absolute atomic E-state index is 13.0. The number of benzene rings is 2. The van der Waals surface area contributed by atoms with Crippen LogP contribution >= 0.6 is 0 Å². The molecule has 4 aromatic rings. The third kappa shape index (κ3) is 3.99. The Morgan fingerprint density at radius 2 is 1.76 bits per heavy atom. The number of furan rings is 1. The molecule has 4 rings (SSSR count). The van der Waals surface area contributed by atoms with Crippen molar-refractivity contribution in [1.82, 2.24) is 15.1 Å². The van der Waals surface area contributed by atoms with Crippen molar-refractivity contribution in [2.24, 2.45) is 0 Å². The van der Waals surface area contributed by atoms with Crippen LogP contribution in [0.2, 0.25) is 0 Å². The fraction of sp³-hybridized carbons (Fsp3) is 0.167. The summed E-state index contributed by atoms with van der Waals surface area (Å²) >= 11 is 0. The quantitative estimate of drug-likeness (QED) is 0.527. The molecular formula is C24H23N3O2. The van der Waals surface area contributed by atoms with E-state index in [-0.39, 0.29) is 5.91 Å². The standard InChI is InChI=1S/C24H23N3O2/c1-16-6-9-19(10-7-16)21-14-23(24(28)25-15-20-5-4-12-29-20)27(26-21)22-11-8-17(2)13-18(22)3/h4-14H,15H2,1-3H3,(H,25,28). The molecule has 1 N–H and O–H groups in total. The van der Waals surface area contributed by atoms with E-state index in [4.69, 9.17) is 9.52 Å². The third-order valence-corrected chi connectivity index (χ3v) is 4.87. The summed E-state index contributed by atoms with van der Waals surface area (Å²) in [5, 5.41) is 7.69. The Morgan fingerprint density at radius 1 is 1.00 bits per heavy atom. The lowest BCUT2D eigenvalue weighted by molar-refractivity contribution is 0.0940. The van der Waals surface area contributed by atoms with Crippen molar-refractivity contribution in [3.05, 3.63) is 95.1 Å². The number of nitrogens with one attached hydrogen (secondary N) is 1. The second kappa shape index (κ2) is 7.80. The van der Waals surface area contributed by atoms with Crippen LogP contribution in [0.15, 0.2) is 71.3 Å². The van der Waals surface area contributed by atoms with Crippen molar-refractivity contribution >= 4 is 5.91 Å². The molecule has 0 unspecified atom stereocenters. The van der Waals surface area contributed by atoms with Gasteiger partial charge in [-0.25, -0.2) is 4.68 Å². The monoisotopic (exact) mass is 385 g/mol. The number of hydrogen-bond donors (Lipinski definition) is 1. The lowest BCUT2D eigenvalue weighted by atomic mass is 10.1. The van der Waals surface area contributed by atoms with Crippen LogP contribution < -0.4 is 5.32 Å². The smallest absolute Gasteiger partial charge is 0.270 e. The molecule has 5 nitrogen and oxygen atoms in total. The van der Waals surface area contributed by atoms with Crippen molar-refractivity contribution in [2.75, 3.05) is 0 Å². The average Bonchev–Trinajstić information content (AvgIpc) is 3.37. The van der Waals surface area contributed by atoms with Gasteiger partial charge in [0.25, 0.3) is 5.91 Å². The molecule has 0 radical (unpaired) electrons. The number of carbonyl (C=O) groups excluding carboxylic acids is 1. The second-order valence-electron chi connectivity index (χ2n) is 7.24. The van der Waals surface area contributed by atoms with E-state index in [0.29, 0.717) is 18.0 Å². The van der Waals surface area contributed by atoms with Crippen molar-refractivity contribution in [1.29, 1.82) is 0 Å². The summed E-state index contributed by atoms with van der Waals surface area (Å²) in [5.74, 6) is 0.502. The van der Waals surface area contributed by atoms with Gasteiger partial charge in [0, 0.05) is 5.56 Å². The summed E-state index contributed by atoms with van der Waals surface area (Å²) in [4.78, 5) is 13.0. The van der Waals surface area contributed by atoms with Crippen molar-refractivity contribution in [3.8, 4) is 16.9 Å². The highest BCUT2D eigenvalue weighted by Crippen LogP contribution is 2.24. The van der Waals surface area contributed by atoms with Crippen molar-refractivity contribution < 1.29 is 9.21 Å². The van der Waals surface area contributed by atoms with Gasteiger partial charge in [-0.15, -0.1) is 0 Å². The van der Waals surface area contributed by atoms with E-state index in [1.54, 1.807) is 17.0 Å².